The summed E-state index contributed by atoms with van der Waals surface area (Å²) in [4.78, 5) is 19.7. The van der Waals surface area contributed by atoms with Crippen LogP contribution in [-0.2, 0) is 4.79 Å². The Morgan fingerprint density at radius 1 is 1.25 bits per heavy atom. The van der Waals surface area contributed by atoms with Gasteiger partial charge in [0, 0.05) is 24.5 Å². The van der Waals surface area contributed by atoms with Gasteiger partial charge in [-0.25, -0.2) is 0 Å². The number of nitrogens with one attached hydrogen (secondary N) is 1. The molecule has 16 heavy (non-hydrogen) atoms. The molecular weight excluding hydrogens is 202 g/mol. The maximum atomic E-state index is 11.4. The van der Waals surface area contributed by atoms with Crippen LogP contribution in [0.3, 0.4) is 0 Å². The molecule has 4 nitrogen and oxygen atoms in total. The summed E-state index contributed by atoms with van der Waals surface area (Å²) < 4.78 is 0. The number of hydrogen-bond acceptors (Lipinski definition) is 3. The molecule has 1 amide bonds. The predicted molar refractivity (Wildman–Crippen MR) is 63.1 cm³/mol. The molecule has 1 aromatic heterocycles. The Morgan fingerprint density at radius 2 is 2.00 bits per heavy atom. The molecule has 0 aliphatic carbocycles. The Bertz CT molecular complexity index is 510. The van der Waals surface area contributed by atoms with Crippen molar-refractivity contribution in [2.24, 2.45) is 0 Å². The zero-order chi connectivity index (χ0) is 11.4. The molecule has 0 atom stereocenters. The van der Waals surface area contributed by atoms with Crippen LogP contribution in [0.25, 0.3) is 11.0 Å². The van der Waals surface area contributed by atoms with Crippen LogP contribution in [0.15, 0.2) is 30.6 Å². The lowest BCUT2D eigenvalue weighted by Crippen LogP contribution is -2.10. The summed E-state index contributed by atoms with van der Waals surface area (Å²) in [7, 11) is 0. The average molecular weight is 215 g/mol. The summed E-state index contributed by atoms with van der Waals surface area (Å²) >= 11 is 0. The van der Waals surface area contributed by atoms with Crippen molar-refractivity contribution in [2.75, 3.05) is 5.32 Å². The quantitative estimate of drug-likeness (QED) is 0.855. The number of carbonyl (C=O) groups excluding carboxylic acids is 1. The molecule has 2 aromatic rings. The fourth-order valence-electron chi connectivity index (χ4n) is 1.49. The molecule has 0 saturated carbocycles. The number of amides is 1. The van der Waals surface area contributed by atoms with Crippen LogP contribution < -0.4 is 5.32 Å². The number of hydrogen-bond donors (Lipinski definition) is 1. The summed E-state index contributed by atoms with van der Waals surface area (Å²) in [5.74, 6) is 0.0331. The average Bonchev–Trinajstić information content (AvgIpc) is 2.29. The molecule has 0 aliphatic rings. The Labute approximate surface area is 93.7 Å². The summed E-state index contributed by atoms with van der Waals surface area (Å²) in [6.07, 6.45) is 4.68. The number of fused-ring (bicyclic) bond motifs is 1. The monoisotopic (exact) mass is 215 g/mol. The third-order valence-corrected chi connectivity index (χ3v) is 2.23. The van der Waals surface area contributed by atoms with E-state index in [0.717, 1.165) is 23.1 Å². The Kier molecular flexibility index (Phi) is 3.10. The maximum absolute atomic E-state index is 11.4. The first-order chi connectivity index (χ1) is 7.79. The maximum Gasteiger partial charge on any atom is 0.224 e. The van der Waals surface area contributed by atoms with Crippen molar-refractivity contribution < 1.29 is 4.79 Å². The highest BCUT2D eigenvalue weighted by molar-refractivity contribution is 5.92. The second kappa shape index (κ2) is 4.70. The van der Waals surface area contributed by atoms with E-state index in [4.69, 9.17) is 0 Å². The van der Waals surface area contributed by atoms with Gasteiger partial charge in [0.25, 0.3) is 0 Å². The van der Waals surface area contributed by atoms with E-state index in [2.05, 4.69) is 15.3 Å². The van der Waals surface area contributed by atoms with Gasteiger partial charge in [0.2, 0.25) is 5.91 Å². The van der Waals surface area contributed by atoms with E-state index < -0.39 is 0 Å². The second-order valence-corrected chi connectivity index (χ2v) is 3.56. The molecule has 82 valence electrons. The van der Waals surface area contributed by atoms with Gasteiger partial charge in [-0.05, 0) is 24.6 Å². The van der Waals surface area contributed by atoms with E-state index in [-0.39, 0.29) is 5.91 Å². The normalized spacial score (nSPS) is 10.3. The summed E-state index contributed by atoms with van der Waals surface area (Å²) in [6, 6.07) is 5.52. The Morgan fingerprint density at radius 3 is 2.75 bits per heavy atom. The van der Waals surface area contributed by atoms with Crippen molar-refractivity contribution in [3.63, 3.8) is 0 Å². The van der Waals surface area contributed by atoms with E-state index in [9.17, 15) is 4.79 Å². The molecule has 0 radical (unpaired) electrons. The van der Waals surface area contributed by atoms with Crippen molar-refractivity contribution in [2.45, 2.75) is 19.8 Å². The number of nitrogens with zero attached hydrogens (tertiary/aromatic N) is 2. The number of anilines is 1. The van der Waals surface area contributed by atoms with Gasteiger partial charge in [-0.15, -0.1) is 0 Å². The molecular formula is C12H13N3O. The van der Waals surface area contributed by atoms with Crippen LogP contribution in [-0.4, -0.2) is 15.9 Å². The van der Waals surface area contributed by atoms with Gasteiger partial charge < -0.3 is 5.32 Å². The number of rotatable bonds is 3. The van der Waals surface area contributed by atoms with Crippen molar-refractivity contribution in [3.05, 3.63) is 30.6 Å². The van der Waals surface area contributed by atoms with Gasteiger partial charge >= 0.3 is 0 Å². The van der Waals surface area contributed by atoms with Gasteiger partial charge in [-0.3, -0.25) is 14.8 Å². The number of carbonyl (C=O) groups is 1. The lowest BCUT2D eigenvalue weighted by atomic mass is 10.2. The van der Waals surface area contributed by atoms with Crippen molar-refractivity contribution in [1.29, 1.82) is 0 Å². The molecule has 1 aromatic carbocycles. The van der Waals surface area contributed by atoms with Crippen LogP contribution in [0.2, 0.25) is 0 Å². The molecule has 4 heteroatoms. The lowest BCUT2D eigenvalue weighted by Gasteiger charge is -2.04. The minimum absolute atomic E-state index is 0.0331. The van der Waals surface area contributed by atoms with Crippen LogP contribution in [0.4, 0.5) is 5.69 Å². The number of benzene rings is 1. The van der Waals surface area contributed by atoms with Crippen LogP contribution in [0, 0.1) is 0 Å². The summed E-state index contributed by atoms with van der Waals surface area (Å²) in [6.45, 7) is 1.98. The molecule has 0 aliphatic heterocycles. The highest BCUT2D eigenvalue weighted by Crippen LogP contribution is 2.15. The van der Waals surface area contributed by atoms with Crippen LogP contribution in [0.1, 0.15) is 19.8 Å². The molecule has 1 heterocycles. The second-order valence-electron chi connectivity index (χ2n) is 3.56. The van der Waals surface area contributed by atoms with Crippen LogP contribution in [0.5, 0.6) is 0 Å². The summed E-state index contributed by atoms with van der Waals surface area (Å²) in [5, 5.41) is 2.83. The molecule has 0 spiro atoms. The Balaban J connectivity index is 2.22. The minimum Gasteiger partial charge on any atom is -0.326 e. The van der Waals surface area contributed by atoms with E-state index in [1.807, 2.05) is 25.1 Å². The van der Waals surface area contributed by atoms with E-state index >= 15 is 0 Å². The van der Waals surface area contributed by atoms with Gasteiger partial charge in [0.1, 0.15) is 0 Å². The van der Waals surface area contributed by atoms with Gasteiger partial charge in [-0.1, -0.05) is 6.92 Å². The fourth-order valence-corrected chi connectivity index (χ4v) is 1.49. The van der Waals surface area contributed by atoms with Crippen molar-refractivity contribution >= 4 is 22.6 Å². The van der Waals surface area contributed by atoms with Gasteiger partial charge in [0.15, 0.2) is 0 Å². The first-order valence-electron chi connectivity index (χ1n) is 5.30. The SMILES string of the molecule is CCCC(=O)Nc1ccc2nccnc2c1. The largest absolute Gasteiger partial charge is 0.326 e. The van der Waals surface area contributed by atoms with Gasteiger partial charge in [0.05, 0.1) is 11.0 Å². The zero-order valence-electron chi connectivity index (χ0n) is 9.10. The Hall–Kier alpha value is -1.97. The lowest BCUT2D eigenvalue weighted by molar-refractivity contribution is -0.116. The highest BCUT2D eigenvalue weighted by Gasteiger charge is 2.02. The third kappa shape index (κ3) is 2.34. The summed E-state index contributed by atoms with van der Waals surface area (Å²) in [5.41, 5.74) is 2.39. The number of aromatic nitrogens is 2. The molecule has 2 rings (SSSR count). The zero-order valence-corrected chi connectivity index (χ0v) is 9.10. The van der Waals surface area contributed by atoms with Crippen molar-refractivity contribution in [3.8, 4) is 0 Å². The topological polar surface area (TPSA) is 54.9 Å². The molecule has 0 saturated heterocycles. The molecule has 1 N–H and O–H groups in total. The van der Waals surface area contributed by atoms with Crippen molar-refractivity contribution in [1.82, 2.24) is 9.97 Å². The smallest absolute Gasteiger partial charge is 0.224 e. The molecule has 0 fully saturated rings. The molecule has 0 bridgehead atoms. The first kappa shape index (κ1) is 10.5. The van der Waals surface area contributed by atoms with Crippen LogP contribution >= 0.6 is 0 Å². The van der Waals surface area contributed by atoms with E-state index in [1.54, 1.807) is 12.4 Å². The standard InChI is InChI=1S/C12H13N3O/c1-2-3-12(16)15-9-4-5-10-11(8-9)14-7-6-13-10/h4-8H,2-3H2,1H3,(H,15,16). The minimum atomic E-state index is 0.0331. The predicted octanol–water partition coefficient (Wildman–Crippen LogP) is 2.37. The third-order valence-electron chi connectivity index (χ3n) is 2.23. The van der Waals surface area contributed by atoms with Gasteiger partial charge in [-0.2, -0.15) is 0 Å². The fraction of sp³-hybridized carbons (Fsp3) is 0.250. The molecule has 0 unspecified atom stereocenters. The first-order valence-corrected chi connectivity index (χ1v) is 5.30. The van der Waals surface area contributed by atoms with E-state index in [0.29, 0.717) is 6.42 Å². The van der Waals surface area contributed by atoms with E-state index in [1.165, 1.54) is 0 Å². The highest BCUT2D eigenvalue weighted by atomic mass is 16.1.